The second-order valence-electron chi connectivity index (χ2n) is 5.71. The summed E-state index contributed by atoms with van der Waals surface area (Å²) >= 11 is 0. The summed E-state index contributed by atoms with van der Waals surface area (Å²) in [5.74, 6) is 2.33. The molecule has 0 spiro atoms. The molecule has 0 amide bonds. The van der Waals surface area contributed by atoms with E-state index in [0.717, 1.165) is 34.2 Å². The normalized spacial score (nSPS) is 11.5. The van der Waals surface area contributed by atoms with Gasteiger partial charge in [-0.05, 0) is 13.8 Å². The minimum Gasteiger partial charge on any atom is -0.285 e. The summed E-state index contributed by atoms with van der Waals surface area (Å²) < 4.78 is 3.63. The van der Waals surface area contributed by atoms with Crippen LogP contribution in [0.5, 0.6) is 0 Å². The molecule has 0 atom stereocenters. The van der Waals surface area contributed by atoms with Gasteiger partial charge < -0.3 is 0 Å². The first kappa shape index (κ1) is 14.5. The number of nitrogens with one attached hydrogen (secondary N) is 1. The molecule has 0 radical (unpaired) electrons. The third-order valence-corrected chi connectivity index (χ3v) is 3.94. The molecule has 24 heavy (non-hydrogen) atoms. The standard InChI is InChI=1S/C15H17N9/c1-9-6-16-10(2)15-19-12(21-24(9)15)4-5-13-20-14(22-23(13)3)11-7-17-18-8-11/h6-8H,4-5H2,1-3H3,(H,17,18). The fraction of sp³-hybridized carbons (Fsp3) is 0.333. The molecule has 0 saturated heterocycles. The van der Waals surface area contributed by atoms with Gasteiger partial charge in [-0.15, -0.1) is 0 Å². The fourth-order valence-corrected chi connectivity index (χ4v) is 2.60. The van der Waals surface area contributed by atoms with Gasteiger partial charge in [-0.3, -0.25) is 14.8 Å². The number of rotatable bonds is 4. The Morgan fingerprint density at radius 3 is 2.71 bits per heavy atom. The number of H-pyrrole nitrogens is 1. The Morgan fingerprint density at radius 1 is 1.08 bits per heavy atom. The van der Waals surface area contributed by atoms with Gasteiger partial charge in [0.25, 0.3) is 0 Å². The number of hydrogen-bond acceptors (Lipinski definition) is 6. The molecular weight excluding hydrogens is 306 g/mol. The van der Waals surface area contributed by atoms with Crippen LogP contribution < -0.4 is 0 Å². The zero-order chi connectivity index (χ0) is 16.7. The average molecular weight is 323 g/mol. The molecule has 0 bridgehead atoms. The molecule has 0 aliphatic heterocycles. The van der Waals surface area contributed by atoms with E-state index in [4.69, 9.17) is 0 Å². The molecule has 0 aliphatic rings. The molecule has 1 N–H and O–H groups in total. The van der Waals surface area contributed by atoms with Crippen molar-refractivity contribution in [3.63, 3.8) is 0 Å². The Hall–Kier alpha value is -3.10. The van der Waals surface area contributed by atoms with Gasteiger partial charge in [-0.1, -0.05) is 0 Å². The second-order valence-corrected chi connectivity index (χ2v) is 5.71. The van der Waals surface area contributed by atoms with E-state index in [9.17, 15) is 0 Å². The Bertz CT molecular complexity index is 955. The quantitative estimate of drug-likeness (QED) is 0.602. The fourth-order valence-electron chi connectivity index (χ4n) is 2.60. The third-order valence-electron chi connectivity index (χ3n) is 3.94. The number of aryl methyl sites for hydroxylation is 5. The maximum Gasteiger partial charge on any atom is 0.184 e. The van der Waals surface area contributed by atoms with E-state index >= 15 is 0 Å². The summed E-state index contributed by atoms with van der Waals surface area (Å²) in [6.07, 6.45) is 6.70. The van der Waals surface area contributed by atoms with Gasteiger partial charge in [-0.2, -0.15) is 15.3 Å². The largest absolute Gasteiger partial charge is 0.285 e. The Kier molecular flexibility index (Phi) is 3.33. The molecule has 4 aromatic rings. The first-order chi connectivity index (χ1) is 11.6. The van der Waals surface area contributed by atoms with E-state index in [1.54, 1.807) is 23.3 Å². The van der Waals surface area contributed by atoms with E-state index in [1.165, 1.54) is 0 Å². The van der Waals surface area contributed by atoms with Crippen LogP contribution in [0.2, 0.25) is 0 Å². The molecule has 0 fully saturated rings. The maximum absolute atomic E-state index is 4.59. The van der Waals surface area contributed by atoms with Gasteiger partial charge >= 0.3 is 0 Å². The number of aromatic amines is 1. The second kappa shape index (κ2) is 5.52. The van der Waals surface area contributed by atoms with Crippen molar-refractivity contribution in [2.24, 2.45) is 7.05 Å². The van der Waals surface area contributed by atoms with Crippen LogP contribution in [0.15, 0.2) is 18.6 Å². The van der Waals surface area contributed by atoms with Crippen LogP contribution >= 0.6 is 0 Å². The van der Waals surface area contributed by atoms with Crippen molar-refractivity contribution in [1.82, 2.24) is 44.5 Å². The number of fused-ring (bicyclic) bond motifs is 1. The van der Waals surface area contributed by atoms with Crippen LogP contribution in [0.25, 0.3) is 17.0 Å². The molecule has 4 rings (SSSR count). The first-order valence-corrected chi connectivity index (χ1v) is 7.69. The third kappa shape index (κ3) is 2.43. The lowest BCUT2D eigenvalue weighted by Crippen LogP contribution is -2.03. The van der Waals surface area contributed by atoms with Crippen molar-refractivity contribution in [3.05, 3.63) is 41.6 Å². The molecule has 0 aromatic carbocycles. The van der Waals surface area contributed by atoms with Crippen molar-refractivity contribution in [2.75, 3.05) is 0 Å². The Morgan fingerprint density at radius 2 is 1.96 bits per heavy atom. The van der Waals surface area contributed by atoms with E-state index in [1.807, 2.05) is 25.4 Å². The number of hydrogen-bond donors (Lipinski definition) is 1. The maximum atomic E-state index is 4.59. The van der Waals surface area contributed by atoms with Crippen molar-refractivity contribution in [1.29, 1.82) is 0 Å². The van der Waals surface area contributed by atoms with Crippen molar-refractivity contribution >= 4 is 5.65 Å². The lowest BCUT2D eigenvalue weighted by atomic mass is 10.3. The summed E-state index contributed by atoms with van der Waals surface area (Å²) in [4.78, 5) is 13.5. The molecule has 0 aliphatic carbocycles. The predicted molar refractivity (Wildman–Crippen MR) is 86.2 cm³/mol. The Labute approximate surface area is 137 Å². The average Bonchev–Trinajstić information content (AvgIpc) is 3.28. The van der Waals surface area contributed by atoms with Gasteiger partial charge in [0.15, 0.2) is 17.3 Å². The summed E-state index contributed by atoms with van der Waals surface area (Å²) in [6, 6.07) is 0. The highest BCUT2D eigenvalue weighted by molar-refractivity contribution is 5.51. The van der Waals surface area contributed by atoms with Crippen molar-refractivity contribution in [3.8, 4) is 11.4 Å². The van der Waals surface area contributed by atoms with Gasteiger partial charge in [0.1, 0.15) is 5.82 Å². The van der Waals surface area contributed by atoms with Crippen LogP contribution in [-0.2, 0) is 19.9 Å². The minimum atomic E-state index is 0.667. The van der Waals surface area contributed by atoms with E-state index in [0.29, 0.717) is 18.7 Å². The van der Waals surface area contributed by atoms with Crippen LogP contribution in [0.3, 0.4) is 0 Å². The summed E-state index contributed by atoms with van der Waals surface area (Å²) in [5, 5.41) is 15.7. The number of aromatic nitrogens is 9. The highest BCUT2D eigenvalue weighted by Crippen LogP contribution is 2.14. The number of nitrogens with zero attached hydrogens (tertiary/aromatic N) is 8. The van der Waals surface area contributed by atoms with Gasteiger partial charge in [0, 0.05) is 32.3 Å². The molecule has 4 heterocycles. The van der Waals surface area contributed by atoms with Crippen molar-refractivity contribution in [2.45, 2.75) is 26.7 Å². The molecule has 0 saturated carbocycles. The molecule has 9 heteroatoms. The summed E-state index contributed by atoms with van der Waals surface area (Å²) in [7, 11) is 1.89. The smallest absolute Gasteiger partial charge is 0.184 e. The van der Waals surface area contributed by atoms with E-state index in [2.05, 4.69) is 35.3 Å². The lowest BCUT2D eigenvalue weighted by molar-refractivity contribution is 0.683. The molecule has 0 unspecified atom stereocenters. The van der Waals surface area contributed by atoms with Gasteiger partial charge in [0.05, 0.1) is 23.1 Å². The van der Waals surface area contributed by atoms with Crippen molar-refractivity contribution < 1.29 is 0 Å². The minimum absolute atomic E-state index is 0.667. The summed E-state index contributed by atoms with van der Waals surface area (Å²) in [6.45, 7) is 3.91. The summed E-state index contributed by atoms with van der Waals surface area (Å²) in [5.41, 5.74) is 3.53. The lowest BCUT2D eigenvalue weighted by Gasteiger charge is -1.97. The molecule has 122 valence electrons. The van der Waals surface area contributed by atoms with Crippen LogP contribution in [-0.4, -0.2) is 44.5 Å². The zero-order valence-corrected chi connectivity index (χ0v) is 13.7. The molecule has 9 nitrogen and oxygen atoms in total. The van der Waals surface area contributed by atoms with Crippen LogP contribution in [0.4, 0.5) is 0 Å². The molecule has 4 aromatic heterocycles. The van der Waals surface area contributed by atoms with Gasteiger partial charge in [0.2, 0.25) is 0 Å². The SMILES string of the molecule is Cc1ncc(C)n2nc(CCc3nc(-c4cn[nH]c4)nn3C)nc12. The highest BCUT2D eigenvalue weighted by Gasteiger charge is 2.13. The van der Waals surface area contributed by atoms with E-state index in [-0.39, 0.29) is 0 Å². The monoisotopic (exact) mass is 323 g/mol. The predicted octanol–water partition coefficient (Wildman–Crippen LogP) is 1.04. The Balaban J connectivity index is 1.57. The van der Waals surface area contributed by atoms with E-state index < -0.39 is 0 Å². The van der Waals surface area contributed by atoms with Gasteiger partial charge in [-0.25, -0.2) is 14.5 Å². The van der Waals surface area contributed by atoms with Crippen LogP contribution in [0.1, 0.15) is 23.0 Å². The zero-order valence-electron chi connectivity index (χ0n) is 13.7. The highest BCUT2D eigenvalue weighted by atomic mass is 15.3. The topological polar surface area (TPSA) is 102 Å². The molecular formula is C15H17N9. The van der Waals surface area contributed by atoms with Crippen LogP contribution in [0, 0.1) is 13.8 Å². The first-order valence-electron chi connectivity index (χ1n) is 7.69.